The van der Waals surface area contributed by atoms with E-state index < -0.39 is 0 Å². The molecular weight excluding hydrogens is 388 g/mol. The fraction of sp³-hybridized carbons (Fsp3) is 0.292. The minimum absolute atomic E-state index is 0.0750. The van der Waals surface area contributed by atoms with Crippen molar-refractivity contribution in [3.63, 3.8) is 0 Å². The highest BCUT2D eigenvalue weighted by Crippen LogP contribution is 2.22. The zero-order valence-electron chi connectivity index (χ0n) is 18.6. The number of anilines is 1. The smallest absolute Gasteiger partial charge is 0.251 e. The van der Waals surface area contributed by atoms with E-state index in [0.717, 1.165) is 40.2 Å². The lowest BCUT2D eigenvalue weighted by atomic mass is 10.1. The Morgan fingerprint density at radius 2 is 1.87 bits per heavy atom. The van der Waals surface area contributed by atoms with E-state index in [-0.39, 0.29) is 5.91 Å². The molecule has 0 bridgehead atoms. The second-order valence-electron chi connectivity index (χ2n) is 7.43. The molecule has 162 valence electrons. The SMILES string of the molecule is CN=C(NCCc1cccc(C(=O)NC)c1)NCc1cc(N(C)C)nc2ccccc12. The van der Waals surface area contributed by atoms with Crippen molar-refractivity contribution in [2.45, 2.75) is 13.0 Å². The first-order valence-electron chi connectivity index (χ1n) is 10.3. The van der Waals surface area contributed by atoms with Crippen LogP contribution in [0.2, 0.25) is 0 Å². The van der Waals surface area contributed by atoms with Crippen molar-refractivity contribution in [2.75, 3.05) is 39.6 Å². The number of para-hydroxylation sites is 1. The molecule has 3 N–H and O–H groups in total. The summed E-state index contributed by atoms with van der Waals surface area (Å²) < 4.78 is 0. The summed E-state index contributed by atoms with van der Waals surface area (Å²) in [5.41, 5.74) is 3.91. The van der Waals surface area contributed by atoms with Gasteiger partial charge in [-0.2, -0.15) is 0 Å². The predicted molar refractivity (Wildman–Crippen MR) is 128 cm³/mol. The summed E-state index contributed by atoms with van der Waals surface area (Å²) in [4.78, 5) is 22.9. The first-order valence-corrected chi connectivity index (χ1v) is 10.3. The molecule has 0 aliphatic carbocycles. The monoisotopic (exact) mass is 418 g/mol. The molecule has 2 aromatic carbocycles. The predicted octanol–water partition coefficient (Wildman–Crippen LogP) is 2.57. The Balaban J connectivity index is 1.62. The van der Waals surface area contributed by atoms with Crippen molar-refractivity contribution in [2.24, 2.45) is 4.99 Å². The summed E-state index contributed by atoms with van der Waals surface area (Å²) in [5.74, 6) is 1.58. The van der Waals surface area contributed by atoms with Gasteiger partial charge in [-0.3, -0.25) is 9.79 Å². The Labute approximate surface area is 183 Å². The summed E-state index contributed by atoms with van der Waals surface area (Å²) in [7, 11) is 7.39. The highest BCUT2D eigenvalue weighted by Gasteiger charge is 2.08. The van der Waals surface area contributed by atoms with Gasteiger partial charge in [0.05, 0.1) is 5.52 Å². The third kappa shape index (κ3) is 5.72. The minimum Gasteiger partial charge on any atom is -0.363 e. The number of hydrogen-bond acceptors (Lipinski definition) is 4. The normalized spacial score (nSPS) is 11.3. The van der Waals surface area contributed by atoms with Crippen molar-refractivity contribution in [3.05, 3.63) is 71.3 Å². The second kappa shape index (κ2) is 10.4. The van der Waals surface area contributed by atoms with E-state index in [9.17, 15) is 4.79 Å². The van der Waals surface area contributed by atoms with Crippen LogP contribution in [0.4, 0.5) is 5.82 Å². The lowest BCUT2D eigenvalue weighted by Crippen LogP contribution is -2.38. The molecule has 0 saturated carbocycles. The van der Waals surface area contributed by atoms with E-state index in [4.69, 9.17) is 4.98 Å². The Hall–Kier alpha value is -3.61. The number of hydrogen-bond donors (Lipinski definition) is 3. The van der Waals surface area contributed by atoms with Gasteiger partial charge in [-0.05, 0) is 41.8 Å². The van der Waals surface area contributed by atoms with E-state index >= 15 is 0 Å². The minimum atomic E-state index is -0.0750. The largest absolute Gasteiger partial charge is 0.363 e. The van der Waals surface area contributed by atoms with Crippen molar-refractivity contribution < 1.29 is 4.79 Å². The molecule has 0 spiro atoms. The van der Waals surface area contributed by atoms with Gasteiger partial charge in [0.2, 0.25) is 0 Å². The fourth-order valence-electron chi connectivity index (χ4n) is 3.34. The van der Waals surface area contributed by atoms with Gasteiger partial charge >= 0.3 is 0 Å². The molecule has 1 aromatic heterocycles. The molecule has 3 rings (SSSR count). The van der Waals surface area contributed by atoms with Crippen LogP contribution in [0.25, 0.3) is 10.9 Å². The molecular formula is C24H30N6O. The molecule has 0 aliphatic heterocycles. The molecule has 7 heteroatoms. The maximum absolute atomic E-state index is 11.8. The van der Waals surface area contributed by atoms with Gasteiger partial charge in [0.15, 0.2) is 5.96 Å². The number of nitrogens with zero attached hydrogens (tertiary/aromatic N) is 3. The van der Waals surface area contributed by atoms with Crippen LogP contribution in [0, 0.1) is 0 Å². The van der Waals surface area contributed by atoms with Gasteiger partial charge in [-0.25, -0.2) is 4.98 Å². The zero-order valence-corrected chi connectivity index (χ0v) is 18.6. The number of aliphatic imine (C=N–C) groups is 1. The average molecular weight is 419 g/mol. The van der Waals surface area contributed by atoms with E-state index in [1.165, 1.54) is 0 Å². The number of rotatable bonds is 7. The first kappa shape index (κ1) is 22.1. The molecule has 0 atom stereocenters. The number of carbonyl (C=O) groups is 1. The van der Waals surface area contributed by atoms with Gasteiger partial charge in [0.1, 0.15) is 5.82 Å². The van der Waals surface area contributed by atoms with Crippen LogP contribution in [0.15, 0.2) is 59.6 Å². The van der Waals surface area contributed by atoms with Crippen LogP contribution < -0.4 is 20.9 Å². The van der Waals surface area contributed by atoms with Gasteiger partial charge < -0.3 is 20.9 Å². The molecule has 3 aromatic rings. The molecule has 7 nitrogen and oxygen atoms in total. The quantitative estimate of drug-likeness (QED) is 0.406. The molecule has 1 heterocycles. The van der Waals surface area contributed by atoms with Crippen LogP contribution >= 0.6 is 0 Å². The fourth-order valence-corrected chi connectivity index (χ4v) is 3.34. The van der Waals surface area contributed by atoms with Crippen molar-refractivity contribution in [1.82, 2.24) is 20.9 Å². The summed E-state index contributed by atoms with van der Waals surface area (Å²) in [6.45, 7) is 1.34. The van der Waals surface area contributed by atoms with Crippen LogP contribution in [0.1, 0.15) is 21.5 Å². The van der Waals surface area contributed by atoms with Crippen LogP contribution in [-0.4, -0.2) is 51.6 Å². The Morgan fingerprint density at radius 3 is 2.61 bits per heavy atom. The first-order chi connectivity index (χ1) is 15.0. The molecule has 0 unspecified atom stereocenters. The standard InChI is InChI=1S/C24H30N6O/c1-25-23(31)18-9-7-8-17(14-18)12-13-27-24(26-2)28-16-19-15-22(30(3)4)29-21-11-6-5-10-20(19)21/h5-11,14-15H,12-13,16H2,1-4H3,(H,25,31)(H2,26,27,28). The highest BCUT2D eigenvalue weighted by atomic mass is 16.1. The van der Waals surface area contributed by atoms with Gasteiger partial charge in [0, 0.05) is 52.2 Å². The summed E-state index contributed by atoms with van der Waals surface area (Å²) in [6.07, 6.45) is 0.786. The number of nitrogens with one attached hydrogen (secondary N) is 3. The number of fused-ring (bicyclic) bond motifs is 1. The summed E-state index contributed by atoms with van der Waals surface area (Å²) >= 11 is 0. The summed E-state index contributed by atoms with van der Waals surface area (Å²) in [6, 6.07) is 17.9. The molecule has 1 amide bonds. The topological polar surface area (TPSA) is 81.6 Å². The maximum Gasteiger partial charge on any atom is 0.251 e. The van der Waals surface area contributed by atoms with Crippen LogP contribution in [0.5, 0.6) is 0 Å². The Kier molecular flexibility index (Phi) is 7.43. The van der Waals surface area contributed by atoms with Gasteiger partial charge in [-0.15, -0.1) is 0 Å². The van der Waals surface area contributed by atoms with Crippen molar-refractivity contribution in [1.29, 1.82) is 0 Å². The average Bonchev–Trinajstić information content (AvgIpc) is 2.80. The molecule has 31 heavy (non-hydrogen) atoms. The lowest BCUT2D eigenvalue weighted by molar-refractivity contribution is 0.0963. The van der Waals surface area contributed by atoms with E-state index in [2.05, 4.69) is 33.1 Å². The highest BCUT2D eigenvalue weighted by molar-refractivity contribution is 5.94. The van der Waals surface area contributed by atoms with Crippen LogP contribution in [0.3, 0.4) is 0 Å². The third-order valence-electron chi connectivity index (χ3n) is 5.04. The Bertz CT molecular complexity index is 1080. The number of amides is 1. The van der Waals surface area contributed by atoms with Crippen LogP contribution in [-0.2, 0) is 13.0 Å². The number of carbonyl (C=O) groups excluding carboxylic acids is 1. The number of aromatic nitrogens is 1. The van der Waals surface area contributed by atoms with E-state index in [1.807, 2.05) is 61.5 Å². The van der Waals surface area contributed by atoms with Gasteiger partial charge in [0.25, 0.3) is 5.91 Å². The third-order valence-corrected chi connectivity index (χ3v) is 5.04. The van der Waals surface area contributed by atoms with E-state index in [1.54, 1.807) is 14.1 Å². The number of benzene rings is 2. The summed E-state index contributed by atoms with van der Waals surface area (Å²) in [5, 5.41) is 10.5. The second-order valence-corrected chi connectivity index (χ2v) is 7.43. The Morgan fingerprint density at radius 1 is 1.06 bits per heavy atom. The lowest BCUT2D eigenvalue weighted by Gasteiger charge is -2.17. The molecule has 0 fully saturated rings. The zero-order chi connectivity index (χ0) is 22.2. The van der Waals surface area contributed by atoms with Crippen molar-refractivity contribution >= 4 is 28.6 Å². The molecule has 0 saturated heterocycles. The molecule has 0 radical (unpaired) electrons. The maximum atomic E-state index is 11.8. The number of guanidine groups is 1. The van der Waals surface area contributed by atoms with Gasteiger partial charge in [-0.1, -0.05) is 30.3 Å². The molecule has 0 aliphatic rings. The number of pyridine rings is 1. The van der Waals surface area contributed by atoms with E-state index in [0.29, 0.717) is 18.7 Å². The van der Waals surface area contributed by atoms with Crippen molar-refractivity contribution in [3.8, 4) is 0 Å².